The van der Waals surface area contributed by atoms with Gasteiger partial charge in [-0.3, -0.25) is 0 Å². The molecular weight excluding hydrogens is 318 g/mol. The summed E-state index contributed by atoms with van der Waals surface area (Å²) < 4.78 is 32.7. The molecule has 0 saturated carbocycles. The number of benzene rings is 1. The Balaban J connectivity index is 3.22. The number of halogens is 3. The summed E-state index contributed by atoms with van der Waals surface area (Å²) in [5, 5.41) is 0. The number of alkyl halides is 2. The molecule has 0 saturated heterocycles. The third kappa shape index (κ3) is 3.62. The first-order valence-corrected chi connectivity index (χ1v) is 6.74. The highest BCUT2D eigenvalue weighted by atomic mass is 79.9. The fourth-order valence-electron chi connectivity index (χ4n) is 1.62. The van der Waals surface area contributed by atoms with E-state index in [4.69, 9.17) is 0 Å². The highest BCUT2D eigenvalue weighted by Gasteiger charge is 2.45. The van der Waals surface area contributed by atoms with Crippen LogP contribution in [0, 0.1) is 0 Å². The predicted molar refractivity (Wildman–Crippen MR) is 74.2 cm³/mol. The molecule has 0 N–H and O–H groups in total. The Morgan fingerprint density at radius 3 is 2.32 bits per heavy atom. The van der Waals surface area contributed by atoms with E-state index in [9.17, 15) is 13.6 Å². The molecule has 0 bridgehead atoms. The highest BCUT2D eigenvalue weighted by Crippen LogP contribution is 2.37. The minimum Gasteiger partial charge on any atom is -0.461 e. The van der Waals surface area contributed by atoms with Gasteiger partial charge in [-0.1, -0.05) is 37.3 Å². The molecule has 0 spiro atoms. The maximum Gasteiger partial charge on any atom is 0.381 e. The normalized spacial score (nSPS) is 12.9. The van der Waals surface area contributed by atoms with Crippen LogP contribution in [0.15, 0.2) is 35.9 Å². The van der Waals surface area contributed by atoms with Gasteiger partial charge < -0.3 is 4.74 Å². The lowest BCUT2D eigenvalue weighted by Gasteiger charge is -2.19. The van der Waals surface area contributed by atoms with Gasteiger partial charge in [-0.25, -0.2) is 4.79 Å². The second kappa shape index (κ2) is 6.80. The van der Waals surface area contributed by atoms with Crippen molar-refractivity contribution < 1.29 is 18.3 Å². The van der Waals surface area contributed by atoms with Gasteiger partial charge in [0.25, 0.3) is 0 Å². The summed E-state index contributed by atoms with van der Waals surface area (Å²) in [4.78, 5) is 11.4. The lowest BCUT2D eigenvalue weighted by molar-refractivity contribution is -0.166. The summed E-state index contributed by atoms with van der Waals surface area (Å²) in [6.45, 7) is 3.00. The Morgan fingerprint density at radius 2 is 1.84 bits per heavy atom. The molecule has 0 atom stereocenters. The molecular formula is C14H15BrF2O2. The third-order valence-electron chi connectivity index (χ3n) is 2.56. The molecule has 104 valence electrons. The zero-order chi connectivity index (χ0) is 14.5. The van der Waals surface area contributed by atoms with Crippen molar-refractivity contribution in [1.82, 2.24) is 0 Å². The van der Waals surface area contributed by atoms with E-state index in [1.54, 1.807) is 37.3 Å². The monoisotopic (exact) mass is 332 g/mol. The first-order valence-electron chi connectivity index (χ1n) is 5.94. The second-order valence-corrected chi connectivity index (χ2v) is 4.60. The van der Waals surface area contributed by atoms with Crippen LogP contribution in [-0.4, -0.2) is 18.5 Å². The first kappa shape index (κ1) is 15.8. The lowest BCUT2D eigenvalue weighted by Crippen LogP contribution is -2.33. The van der Waals surface area contributed by atoms with Crippen LogP contribution in [-0.2, 0) is 9.53 Å². The first-order chi connectivity index (χ1) is 8.95. The average Bonchev–Trinajstić information content (AvgIpc) is 2.40. The summed E-state index contributed by atoms with van der Waals surface area (Å²) in [6, 6.07) is 8.67. The van der Waals surface area contributed by atoms with Crippen LogP contribution < -0.4 is 0 Å². The number of rotatable bonds is 5. The summed E-state index contributed by atoms with van der Waals surface area (Å²) in [5.41, 5.74) is 0.320. The van der Waals surface area contributed by atoms with Gasteiger partial charge in [-0.05, 0) is 34.8 Å². The molecule has 2 nitrogen and oxygen atoms in total. The zero-order valence-corrected chi connectivity index (χ0v) is 12.3. The Labute approximate surface area is 119 Å². The molecule has 5 heteroatoms. The fraction of sp³-hybridized carbons (Fsp3) is 0.357. The van der Waals surface area contributed by atoms with Crippen LogP contribution in [0.2, 0.25) is 0 Å². The molecule has 1 aromatic rings. The predicted octanol–water partition coefficient (Wildman–Crippen LogP) is 4.40. The molecule has 1 rings (SSSR count). The number of hydrogen-bond donors (Lipinski definition) is 0. The molecule has 0 aliphatic heterocycles. The summed E-state index contributed by atoms with van der Waals surface area (Å²) in [7, 11) is 0. The van der Waals surface area contributed by atoms with Crippen molar-refractivity contribution in [3.63, 3.8) is 0 Å². The van der Waals surface area contributed by atoms with E-state index in [0.29, 0.717) is 5.56 Å². The number of esters is 1. The van der Waals surface area contributed by atoms with Gasteiger partial charge in [-0.15, -0.1) is 0 Å². The molecule has 19 heavy (non-hydrogen) atoms. The lowest BCUT2D eigenvalue weighted by atomic mass is 10.0. The van der Waals surface area contributed by atoms with E-state index in [2.05, 4.69) is 20.7 Å². The van der Waals surface area contributed by atoms with E-state index < -0.39 is 11.9 Å². The molecule has 0 fully saturated rings. The van der Waals surface area contributed by atoms with Crippen molar-refractivity contribution in [2.75, 3.05) is 6.61 Å². The third-order valence-corrected chi connectivity index (χ3v) is 3.49. The van der Waals surface area contributed by atoms with Gasteiger partial charge in [0, 0.05) is 10.1 Å². The van der Waals surface area contributed by atoms with E-state index >= 15 is 0 Å². The smallest absolute Gasteiger partial charge is 0.381 e. The van der Waals surface area contributed by atoms with Crippen LogP contribution in [0.1, 0.15) is 25.8 Å². The van der Waals surface area contributed by atoms with Crippen LogP contribution in [0.5, 0.6) is 0 Å². The van der Waals surface area contributed by atoms with E-state index in [0.717, 1.165) is 0 Å². The standard InChI is InChI=1S/C14H15BrF2O2/c1-3-11(14(16,17)13(18)19-4-2)12(15)10-8-6-5-7-9-10/h5-9H,3-4H2,1-2H3/b12-11+. The topological polar surface area (TPSA) is 26.3 Å². The van der Waals surface area contributed by atoms with Crippen molar-refractivity contribution in [2.45, 2.75) is 26.2 Å². The van der Waals surface area contributed by atoms with Crippen molar-refractivity contribution in [3.8, 4) is 0 Å². The number of carbonyl (C=O) groups is 1. The molecule has 0 heterocycles. The molecule has 0 radical (unpaired) electrons. The van der Waals surface area contributed by atoms with Crippen LogP contribution in [0.4, 0.5) is 8.78 Å². The zero-order valence-electron chi connectivity index (χ0n) is 10.8. The van der Waals surface area contributed by atoms with Gasteiger partial charge in [0.1, 0.15) is 0 Å². The second-order valence-electron chi connectivity index (χ2n) is 3.81. The quantitative estimate of drug-likeness (QED) is 0.747. The fourth-order valence-corrected chi connectivity index (χ4v) is 2.41. The van der Waals surface area contributed by atoms with Crippen molar-refractivity contribution in [2.24, 2.45) is 0 Å². The maximum atomic E-state index is 14.0. The van der Waals surface area contributed by atoms with E-state index in [1.807, 2.05) is 0 Å². The van der Waals surface area contributed by atoms with Gasteiger partial charge in [0.2, 0.25) is 0 Å². The molecule has 0 unspecified atom stereocenters. The molecule has 1 aromatic carbocycles. The number of hydrogen-bond acceptors (Lipinski definition) is 2. The minimum absolute atomic E-state index is 0.0429. The SMILES string of the molecule is CCOC(=O)C(F)(F)/C(CC)=C(/Br)c1ccccc1. The number of carbonyl (C=O) groups excluding carboxylic acids is 1. The Kier molecular flexibility index (Phi) is 5.66. The maximum absolute atomic E-state index is 14.0. The average molecular weight is 333 g/mol. The van der Waals surface area contributed by atoms with Crippen LogP contribution in [0.25, 0.3) is 4.48 Å². The molecule has 0 aliphatic carbocycles. The summed E-state index contributed by atoms with van der Waals surface area (Å²) >= 11 is 3.16. The summed E-state index contributed by atoms with van der Waals surface area (Å²) in [5.74, 6) is -5.14. The Morgan fingerprint density at radius 1 is 1.26 bits per heavy atom. The van der Waals surface area contributed by atoms with E-state index in [-0.39, 0.29) is 23.1 Å². The Hall–Kier alpha value is -1.23. The van der Waals surface area contributed by atoms with Crippen molar-refractivity contribution in [3.05, 3.63) is 41.5 Å². The number of ether oxygens (including phenoxy) is 1. The minimum atomic E-state index is -3.63. The van der Waals surface area contributed by atoms with Crippen LogP contribution >= 0.6 is 15.9 Å². The van der Waals surface area contributed by atoms with Gasteiger partial charge in [-0.2, -0.15) is 8.78 Å². The molecule has 0 amide bonds. The van der Waals surface area contributed by atoms with Crippen LogP contribution in [0.3, 0.4) is 0 Å². The van der Waals surface area contributed by atoms with Gasteiger partial charge in [0.05, 0.1) is 6.61 Å². The van der Waals surface area contributed by atoms with Gasteiger partial charge >= 0.3 is 11.9 Å². The van der Waals surface area contributed by atoms with E-state index in [1.165, 1.54) is 6.92 Å². The highest BCUT2D eigenvalue weighted by molar-refractivity contribution is 9.15. The van der Waals surface area contributed by atoms with Crippen molar-refractivity contribution >= 4 is 26.4 Å². The largest absolute Gasteiger partial charge is 0.461 e. The van der Waals surface area contributed by atoms with Crippen molar-refractivity contribution in [1.29, 1.82) is 0 Å². The Bertz CT molecular complexity index is 470. The van der Waals surface area contributed by atoms with Gasteiger partial charge in [0.15, 0.2) is 0 Å². The summed E-state index contributed by atoms with van der Waals surface area (Å²) in [6.07, 6.45) is 0.0429. The molecule has 0 aromatic heterocycles. The molecule has 0 aliphatic rings.